The highest BCUT2D eigenvalue weighted by Crippen LogP contribution is 1.92. The monoisotopic (exact) mass is 156 g/mol. The molecule has 0 aliphatic rings. The van der Waals surface area contributed by atoms with Gasteiger partial charge in [0, 0.05) is 0 Å². The molecule has 0 unspecified atom stereocenters. The van der Waals surface area contributed by atoms with Crippen LogP contribution in [-0.4, -0.2) is 28.3 Å². The SMILES string of the molecule is COC(=O)c1n[nH]c(CN)n1. The predicted octanol–water partition coefficient (Wildman–Crippen LogP) is -0.950. The van der Waals surface area contributed by atoms with Gasteiger partial charge in [-0.15, -0.1) is 5.10 Å². The molecule has 60 valence electrons. The second-order valence-corrected chi connectivity index (χ2v) is 1.80. The molecule has 0 amide bonds. The van der Waals surface area contributed by atoms with Gasteiger partial charge in [0.1, 0.15) is 5.82 Å². The molecule has 0 aliphatic heterocycles. The zero-order chi connectivity index (χ0) is 8.27. The molecule has 0 aliphatic carbocycles. The van der Waals surface area contributed by atoms with Gasteiger partial charge in [0.05, 0.1) is 13.7 Å². The molecule has 0 aromatic carbocycles. The number of nitrogens with one attached hydrogen (secondary N) is 1. The van der Waals surface area contributed by atoms with Gasteiger partial charge in [0.25, 0.3) is 5.82 Å². The number of hydrogen-bond acceptors (Lipinski definition) is 5. The Morgan fingerprint density at radius 2 is 2.55 bits per heavy atom. The Balaban J connectivity index is 2.80. The topological polar surface area (TPSA) is 93.9 Å². The lowest BCUT2D eigenvalue weighted by Crippen LogP contribution is -2.04. The van der Waals surface area contributed by atoms with E-state index >= 15 is 0 Å². The van der Waals surface area contributed by atoms with Crippen LogP contribution in [0.3, 0.4) is 0 Å². The molecule has 1 heterocycles. The summed E-state index contributed by atoms with van der Waals surface area (Å²) < 4.78 is 4.37. The Labute approximate surface area is 62.8 Å². The summed E-state index contributed by atoms with van der Waals surface area (Å²) in [5, 5.41) is 6.05. The van der Waals surface area contributed by atoms with E-state index in [9.17, 15) is 4.79 Å². The minimum Gasteiger partial charge on any atom is -0.463 e. The number of H-pyrrole nitrogens is 1. The first-order valence-electron chi connectivity index (χ1n) is 2.97. The third-order valence-corrected chi connectivity index (χ3v) is 1.09. The Morgan fingerprint density at radius 3 is 3.00 bits per heavy atom. The molecule has 1 rings (SSSR count). The van der Waals surface area contributed by atoms with E-state index in [1.807, 2.05) is 0 Å². The zero-order valence-electron chi connectivity index (χ0n) is 6.00. The quantitative estimate of drug-likeness (QED) is 0.538. The van der Waals surface area contributed by atoms with Crippen LogP contribution in [0, 0.1) is 0 Å². The van der Waals surface area contributed by atoms with E-state index in [-0.39, 0.29) is 12.4 Å². The van der Waals surface area contributed by atoms with Crippen LogP contribution in [0.1, 0.15) is 16.4 Å². The van der Waals surface area contributed by atoms with Crippen LogP contribution in [0.2, 0.25) is 0 Å². The zero-order valence-corrected chi connectivity index (χ0v) is 6.00. The van der Waals surface area contributed by atoms with Crippen molar-refractivity contribution in [2.24, 2.45) is 5.73 Å². The highest BCUT2D eigenvalue weighted by atomic mass is 16.5. The summed E-state index contributed by atoms with van der Waals surface area (Å²) in [6.45, 7) is 0.226. The van der Waals surface area contributed by atoms with E-state index in [1.54, 1.807) is 0 Å². The fourth-order valence-electron chi connectivity index (χ4n) is 0.569. The Morgan fingerprint density at radius 1 is 1.82 bits per heavy atom. The van der Waals surface area contributed by atoms with Gasteiger partial charge < -0.3 is 10.5 Å². The molecule has 6 nitrogen and oxygen atoms in total. The average molecular weight is 156 g/mol. The van der Waals surface area contributed by atoms with Crippen molar-refractivity contribution >= 4 is 5.97 Å². The lowest BCUT2D eigenvalue weighted by atomic mass is 10.6. The molecule has 1 aromatic heterocycles. The summed E-state index contributed by atoms with van der Waals surface area (Å²) in [5.41, 5.74) is 5.22. The van der Waals surface area contributed by atoms with Crippen molar-refractivity contribution in [1.29, 1.82) is 0 Å². The summed E-state index contributed by atoms with van der Waals surface area (Å²) in [6.07, 6.45) is 0. The fourth-order valence-corrected chi connectivity index (χ4v) is 0.569. The Hall–Kier alpha value is -1.43. The van der Waals surface area contributed by atoms with E-state index in [2.05, 4.69) is 19.9 Å². The van der Waals surface area contributed by atoms with Gasteiger partial charge >= 0.3 is 5.97 Å². The van der Waals surface area contributed by atoms with Gasteiger partial charge in [0.15, 0.2) is 0 Å². The molecule has 0 fully saturated rings. The van der Waals surface area contributed by atoms with Gasteiger partial charge in [0.2, 0.25) is 0 Å². The number of carbonyl (C=O) groups is 1. The number of nitrogens with two attached hydrogens (primary N) is 1. The standard InChI is InChI=1S/C5H8N4O2/c1-11-5(10)4-7-3(2-6)8-9-4/h2,6H2,1H3,(H,7,8,9). The third-order valence-electron chi connectivity index (χ3n) is 1.09. The minimum atomic E-state index is -0.569. The van der Waals surface area contributed by atoms with Crippen molar-refractivity contribution < 1.29 is 9.53 Å². The fraction of sp³-hybridized carbons (Fsp3) is 0.400. The number of aromatic nitrogens is 3. The molecular weight excluding hydrogens is 148 g/mol. The number of carbonyl (C=O) groups excluding carboxylic acids is 1. The molecule has 0 spiro atoms. The normalized spacial score (nSPS) is 9.64. The summed E-state index contributed by atoms with van der Waals surface area (Å²) in [4.78, 5) is 14.5. The van der Waals surface area contributed by atoms with Crippen molar-refractivity contribution in [1.82, 2.24) is 15.2 Å². The third kappa shape index (κ3) is 1.53. The molecule has 0 saturated heterocycles. The van der Waals surface area contributed by atoms with Crippen LogP contribution in [-0.2, 0) is 11.3 Å². The van der Waals surface area contributed by atoms with Gasteiger partial charge in [-0.3, -0.25) is 5.10 Å². The van der Waals surface area contributed by atoms with Crippen molar-refractivity contribution in [3.63, 3.8) is 0 Å². The van der Waals surface area contributed by atoms with Gasteiger partial charge in [-0.2, -0.15) is 0 Å². The maximum atomic E-state index is 10.7. The predicted molar refractivity (Wildman–Crippen MR) is 35.6 cm³/mol. The molecule has 6 heteroatoms. The first kappa shape index (κ1) is 7.67. The first-order chi connectivity index (χ1) is 5.27. The summed E-state index contributed by atoms with van der Waals surface area (Å²) >= 11 is 0. The number of rotatable bonds is 2. The minimum absolute atomic E-state index is 0.00736. The lowest BCUT2D eigenvalue weighted by molar-refractivity contribution is 0.0587. The highest BCUT2D eigenvalue weighted by molar-refractivity contribution is 5.84. The number of hydrogen-bond donors (Lipinski definition) is 2. The lowest BCUT2D eigenvalue weighted by Gasteiger charge is -1.88. The Kier molecular flexibility index (Phi) is 2.17. The van der Waals surface area contributed by atoms with Crippen molar-refractivity contribution in [2.45, 2.75) is 6.54 Å². The average Bonchev–Trinajstić information content (AvgIpc) is 2.50. The molecular formula is C5H8N4O2. The molecule has 1 aromatic rings. The number of esters is 1. The highest BCUT2D eigenvalue weighted by Gasteiger charge is 2.10. The van der Waals surface area contributed by atoms with Crippen molar-refractivity contribution in [3.8, 4) is 0 Å². The van der Waals surface area contributed by atoms with Crippen LogP contribution in [0.5, 0.6) is 0 Å². The molecule has 0 radical (unpaired) electrons. The second-order valence-electron chi connectivity index (χ2n) is 1.80. The molecule has 3 N–H and O–H groups in total. The van der Waals surface area contributed by atoms with Gasteiger partial charge in [-0.1, -0.05) is 0 Å². The van der Waals surface area contributed by atoms with Crippen molar-refractivity contribution in [2.75, 3.05) is 7.11 Å². The molecule has 0 saturated carbocycles. The maximum absolute atomic E-state index is 10.7. The second kappa shape index (κ2) is 3.11. The number of ether oxygens (including phenoxy) is 1. The number of methoxy groups -OCH3 is 1. The Bertz CT molecular complexity index is 257. The van der Waals surface area contributed by atoms with Crippen LogP contribution in [0.4, 0.5) is 0 Å². The summed E-state index contributed by atoms with van der Waals surface area (Å²) in [6, 6.07) is 0. The molecule has 11 heavy (non-hydrogen) atoms. The smallest absolute Gasteiger partial charge is 0.377 e. The van der Waals surface area contributed by atoms with E-state index in [0.29, 0.717) is 5.82 Å². The first-order valence-corrected chi connectivity index (χ1v) is 2.97. The van der Waals surface area contributed by atoms with Crippen molar-refractivity contribution in [3.05, 3.63) is 11.6 Å². The van der Waals surface area contributed by atoms with E-state index in [4.69, 9.17) is 5.73 Å². The summed E-state index contributed by atoms with van der Waals surface area (Å²) in [7, 11) is 1.26. The molecule has 0 bridgehead atoms. The van der Waals surface area contributed by atoms with Crippen LogP contribution < -0.4 is 5.73 Å². The van der Waals surface area contributed by atoms with Gasteiger partial charge in [-0.05, 0) is 0 Å². The van der Waals surface area contributed by atoms with E-state index < -0.39 is 5.97 Å². The van der Waals surface area contributed by atoms with E-state index in [0.717, 1.165) is 0 Å². The molecule has 0 atom stereocenters. The van der Waals surface area contributed by atoms with Crippen LogP contribution in [0.25, 0.3) is 0 Å². The maximum Gasteiger partial charge on any atom is 0.377 e. The van der Waals surface area contributed by atoms with Crippen LogP contribution >= 0.6 is 0 Å². The van der Waals surface area contributed by atoms with E-state index in [1.165, 1.54) is 7.11 Å². The number of aromatic amines is 1. The van der Waals surface area contributed by atoms with Crippen LogP contribution in [0.15, 0.2) is 0 Å². The van der Waals surface area contributed by atoms with Gasteiger partial charge in [-0.25, -0.2) is 9.78 Å². The largest absolute Gasteiger partial charge is 0.463 e. The summed E-state index contributed by atoms with van der Waals surface area (Å²) in [5.74, 6) is -0.0979. The number of nitrogens with zero attached hydrogens (tertiary/aromatic N) is 2.